The van der Waals surface area contributed by atoms with Gasteiger partial charge in [-0.3, -0.25) is 0 Å². The van der Waals surface area contributed by atoms with Crippen molar-refractivity contribution >= 4 is 11.8 Å². The Kier molecular flexibility index (Phi) is 3.64. The van der Waals surface area contributed by atoms with Crippen LogP contribution in [0.3, 0.4) is 0 Å². The second kappa shape index (κ2) is 4.99. The van der Waals surface area contributed by atoms with Crippen LogP contribution in [0.4, 0.5) is 0 Å². The summed E-state index contributed by atoms with van der Waals surface area (Å²) in [6.45, 7) is 6.51. The third-order valence-electron chi connectivity index (χ3n) is 2.44. The second-order valence-electron chi connectivity index (χ2n) is 4.32. The average Bonchev–Trinajstić information content (AvgIpc) is 2.66. The Labute approximate surface area is 94.8 Å². The van der Waals surface area contributed by atoms with E-state index in [0.29, 0.717) is 12.0 Å². The van der Waals surface area contributed by atoms with Gasteiger partial charge in [-0.25, -0.2) is 0 Å². The summed E-state index contributed by atoms with van der Waals surface area (Å²) in [4.78, 5) is 0. The number of rotatable bonds is 3. The smallest absolute Gasteiger partial charge is 0.150 e. The highest BCUT2D eigenvalue weighted by Gasteiger charge is 2.20. The first-order chi connectivity index (χ1) is 7.27. The van der Waals surface area contributed by atoms with Gasteiger partial charge in [0, 0.05) is 24.6 Å². The highest BCUT2D eigenvalue weighted by atomic mass is 32.2. The molecule has 1 aliphatic heterocycles. The fourth-order valence-corrected chi connectivity index (χ4v) is 2.73. The molecule has 0 amide bonds. The zero-order chi connectivity index (χ0) is 10.7. The van der Waals surface area contributed by atoms with E-state index in [4.69, 9.17) is 0 Å². The van der Waals surface area contributed by atoms with Crippen molar-refractivity contribution < 1.29 is 0 Å². The first-order valence-electron chi connectivity index (χ1n) is 5.46. The molecule has 1 atom stereocenters. The van der Waals surface area contributed by atoms with Gasteiger partial charge in [0.25, 0.3) is 0 Å². The molecule has 0 saturated carbocycles. The summed E-state index contributed by atoms with van der Waals surface area (Å²) in [7, 11) is 0. The normalized spacial score (nSPS) is 22.2. The van der Waals surface area contributed by atoms with Crippen LogP contribution in [0.15, 0.2) is 6.33 Å². The zero-order valence-corrected chi connectivity index (χ0v) is 10.1. The van der Waals surface area contributed by atoms with Gasteiger partial charge in [-0.15, -0.1) is 10.2 Å². The monoisotopic (exact) mass is 226 g/mol. The maximum atomic E-state index is 4.23. The number of thioether (sulfide) groups is 1. The van der Waals surface area contributed by atoms with Crippen molar-refractivity contribution in [1.29, 1.82) is 0 Å². The molecule has 0 aliphatic carbocycles. The lowest BCUT2D eigenvalue weighted by Gasteiger charge is -2.23. The molecule has 1 aliphatic rings. The van der Waals surface area contributed by atoms with Gasteiger partial charge in [0.2, 0.25) is 0 Å². The zero-order valence-electron chi connectivity index (χ0n) is 9.31. The average molecular weight is 226 g/mol. The number of hydrogen-bond acceptors (Lipinski definition) is 4. The summed E-state index contributed by atoms with van der Waals surface area (Å²) in [5, 5.41) is 11.7. The van der Waals surface area contributed by atoms with E-state index in [-0.39, 0.29) is 0 Å². The van der Waals surface area contributed by atoms with E-state index in [1.165, 1.54) is 5.75 Å². The maximum absolute atomic E-state index is 4.23. The molecule has 1 aromatic rings. The summed E-state index contributed by atoms with van der Waals surface area (Å²) in [5.41, 5.74) is 0. The van der Waals surface area contributed by atoms with Gasteiger partial charge in [-0.2, -0.15) is 11.8 Å². The van der Waals surface area contributed by atoms with Crippen molar-refractivity contribution in [2.75, 3.05) is 18.1 Å². The van der Waals surface area contributed by atoms with Crippen molar-refractivity contribution in [3.05, 3.63) is 12.2 Å². The Balaban J connectivity index is 2.09. The summed E-state index contributed by atoms with van der Waals surface area (Å²) < 4.78 is 2.17. The van der Waals surface area contributed by atoms with Gasteiger partial charge in [-0.1, -0.05) is 13.8 Å². The fourth-order valence-electron chi connectivity index (χ4n) is 1.80. The van der Waals surface area contributed by atoms with Crippen LogP contribution in [0.2, 0.25) is 0 Å². The van der Waals surface area contributed by atoms with Gasteiger partial charge in [0.15, 0.2) is 5.82 Å². The van der Waals surface area contributed by atoms with Crippen LogP contribution in [0.25, 0.3) is 0 Å². The quantitative estimate of drug-likeness (QED) is 0.844. The molecule has 0 bridgehead atoms. The molecule has 2 heterocycles. The summed E-state index contributed by atoms with van der Waals surface area (Å²) in [6.07, 6.45) is 1.84. The van der Waals surface area contributed by atoms with Crippen molar-refractivity contribution in [2.45, 2.75) is 26.4 Å². The molecule has 1 unspecified atom stereocenters. The Morgan fingerprint density at radius 3 is 3.20 bits per heavy atom. The van der Waals surface area contributed by atoms with Crippen LogP contribution < -0.4 is 5.32 Å². The predicted molar refractivity (Wildman–Crippen MR) is 62.9 cm³/mol. The minimum absolute atomic E-state index is 0.380. The van der Waals surface area contributed by atoms with Crippen LogP contribution in [0.5, 0.6) is 0 Å². The summed E-state index contributed by atoms with van der Waals surface area (Å²) in [6, 6.07) is 0.380. The van der Waals surface area contributed by atoms with Gasteiger partial charge in [0.05, 0.1) is 6.04 Å². The number of nitrogens with zero attached hydrogens (tertiary/aromatic N) is 3. The Hall–Kier alpha value is -0.550. The van der Waals surface area contributed by atoms with Crippen molar-refractivity contribution in [1.82, 2.24) is 20.1 Å². The molecule has 1 fully saturated rings. The Morgan fingerprint density at radius 2 is 2.53 bits per heavy atom. The maximum Gasteiger partial charge on any atom is 0.150 e. The van der Waals surface area contributed by atoms with E-state index >= 15 is 0 Å². The standard InChI is InChI=1S/C10H18N4S/c1-8(2)5-14-7-12-13-10(14)9-6-15-4-3-11-9/h7-9,11H,3-6H2,1-2H3. The molecule has 5 heteroatoms. The largest absolute Gasteiger partial charge is 0.316 e. The highest BCUT2D eigenvalue weighted by molar-refractivity contribution is 7.99. The molecule has 4 nitrogen and oxygen atoms in total. The molecular formula is C10H18N4S. The summed E-state index contributed by atoms with van der Waals surface area (Å²) in [5.74, 6) is 4.04. The number of hydrogen-bond donors (Lipinski definition) is 1. The molecule has 0 spiro atoms. The SMILES string of the molecule is CC(C)Cn1cnnc1C1CSCCN1. The van der Waals surface area contributed by atoms with Gasteiger partial charge < -0.3 is 9.88 Å². The fraction of sp³-hybridized carbons (Fsp3) is 0.800. The number of nitrogens with one attached hydrogen (secondary N) is 1. The second-order valence-corrected chi connectivity index (χ2v) is 5.47. The first kappa shape index (κ1) is 11.0. The van der Waals surface area contributed by atoms with E-state index in [0.717, 1.165) is 24.7 Å². The van der Waals surface area contributed by atoms with E-state index in [1.54, 1.807) is 0 Å². The molecule has 1 saturated heterocycles. The topological polar surface area (TPSA) is 42.7 Å². The minimum atomic E-state index is 0.380. The van der Waals surface area contributed by atoms with Crippen LogP contribution in [0, 0.1) is 5.92 Å². The van der Waals surface area contributed by atoms with Crippen LogP contribution in [0.1, 0.15) is 25.7 Å². The van der Waals surface area contributed by atoms with Crippen LogP contribution >= 0.6 is 11.8 Å². The van der Waals surface area contributed by atoms with E-state index in [2.05, 4.69) is 33.9 Å². The van der Waals surface area contributed by atoms with Gasteiger partial charge in [-0.05, 0) is 5.92 Å². The number of aromatic nitrogens is 3. The van der Waals surface area contributed by atoms with Crippen molar-refractivity contribution in [3.63, 3.8) is 0 Å². The van der Waals surface area contributed by atoms with E-state index in [1.807, 2.05) is 18.1 Å². The Morgan fingerprint density at radius 1 is 1.67 bits per heavy atom. The molecular weight excluding hydrogens is 208 g/mol. The lowest BCUT2D eigenvalue weighted by atomic mass is 10.2. The molecule has 1 aromatic heterocycles. The Bertz CT molecular complexity index is 304. The van der Waals surface area contributed by atoms with Gasteiger partial charge >= 0.3 is 0 Å². The van der Waals surface area contributed by atoms with Gasteiger partial charge in [0.1, 0.15) is 6.33 Å². The van der Waals surface area contributed by atoms with Crippen LogP contribution in [-0.4, -0.2) is 32.8 Å². The summed E-state index contributed by atoms with van der Waals surface area (Å²) >= 11 is 1.99. The highest BCUT2D eigenvalue weighted by Crippen LogP contribution is 2.20. The first-order valence-corrected chi connectivity index (χ1v) is 6.61. The van der Waals surface area contributed by atoms with Crippen molar-refractivity contribution in [3.8, 4) is 0 Å². The third-order valence-corrected chi connectivity index (χ3v) is 3.50. The predicted octanol–water partition coefficient (Wildman–Crippen LogP) is 1.31. The molecule has 84 valence electrons. The third kappa shape index (κ3) is 2.72. The van der Waals surface area contributed by atoms with E-state index < -0.39 is 0 Å². The molecule has 2 rings (SSSR count). The lowest BCUT2D eigenvalue weighted by molar-refractivity contribution is 0.469. The molecule has 1 N–H and O–H groups in total. The van der Waals surface area contributed by atoms with Crippen LogP contribution in [-0.2, 0) is 6.54 Å². The molecule has 0 radical (unpaired) electrons. The molecule has 15 heavy (non-hydrogen) atoms. The van der Waals surface area contributed by atoms with E-state index in [9.17, 15) is 0 Å². The van der Waals surface area contributed by atoms with Crippen molar-refractivity contribution in [2.24, 2.45) is 5.92 Å². The lowest BCUT2D eigenvalue weighted by Crippen LogP contribution is -2.32. The molecule has 0 aromatic carbocycles. The minimum Gasteiger partial charge on any atom is -0.316 e.